The zero-order valence-electron chi connectivity index (χ0n) is 11.1. The molecule has 0 aromatic carbocycles. The fraction of sp³-hybridized carbons (Fsp3) is 0.846. The lowest BCUT2D eigenvalue weighted by Crippen LogP contribution is -2.55. The average Bonchev–Trinajstić information content (AvgIpc) is 3.06. The summed E-state index contributed by atoms with van der Waals surface area (Å²) in [5.74, 6) is -0.275. The Balaban J connectivity index is 1.96. The molecule has 0 radical (unpaired) electrons. The molecular formula is C13H22N2O3. The van der Waals surface area contributed by atoms with E-state index in [-0.39, 0.29) is 18.0 Å². The number of carboxylic acids is 1. The maximum atomic E-state index is 12.1. The SMILES string of the molecule is CCC1CC1NC(=O)N1CCCC(C)C1C(=O)O. The molecule has 2 aliphatic rings. The van der Waals surface area contributed by atoms with Gasteiger partial charge in [0.25, 0.3) is 0 Å². The number of hydrogen-bond donors (Lipinski definition) is 2. The predicted molar refractivity (Wildman–Crippen MR) is 67.2 cm³/mol. The van der Waals surface area contributed by atoms with Crippen molar-refractivity contribution >= 4 is 12.0 Å². The van der Waals surface area contributed by atoms with Crippen LogP contribution in [0.15, 0.2) is 0 Å². The first-order chi connectivity index (χ1) is 8.54. The van der Waals surface area contributed by atoms with Gasteiger partial charge in [-0.2, -0.15) is 0 Å². The highest BCUT2D eigenvalue weighted by molar-refractivity contribution is 5.83. The Kier molecular flexibility index (Phi) is 3.78. The van der Waals surface area contributed by atoms with Crippen LogP contribution in [0.3, 0.4) is 0 Å². The van der Waals surface area contributed by atoms with Crippen molar-refractivity contribution in [1.29, 1.82) is 0 Å². The van der Waals surface area contributed by atoms with E-state index in [2.05, 4.69) is 12.2 Å². The number of hydrogen-bond acceptors (Lipinski definition) is 2. The van der Waals surface area contributed by atoms with Crippen molar-refractivity contribution in [3.63, 3.8) is 0 Å². The summed E-state index contributed by atoms with van der Waals surface area (Å²) in [5.41, 5.74) is 0. The third kappa shape index (κ3) is 2.60. The van der Waals surface area contributed by atoms with Crippen LogP contribution in [-0.4, -0.2) is 40.6 Å². The zero-order valence-corrected chi connectivity index (χ0v) is 11.1. The van der Waals surface area contributed by atoms with Gasteiger partial charge in [0.15, 0.2) is 0 Å². The smallest absolute Gasteiger partial charge is 0.326 e. The van der Waals surface area contributed by atoms with E-state index in [9.17, 15) is 14.7 Å². The van der Waals surface area contributed by atoms with Gasteiger partial charge in [0.05, 0.1) is 0 Å². The van der Waals surface area contributed by atoms with Gasteiger partial charge in [-0.3, -0.25) is 0 Å². The number of nitrogens with zero attached hydrogens (tertiary/aromatic N) is 1. The van der Waals surface area contributed by atoms with Crippen LogP contribution in [0.25, 0.3) is 0 Å². The summed E-state index contributed by atoms with van der Waals surface area (Å²) in [6.45, 7) is 4.57. The highest BCUT2D eigenvalue weighted by Gasteiger charge is 2.41. The Morgan fingerprint density at radius 3 is 2.72 bits per heavy atom. The minimum absolute atomic E-state index is 0.0307. The van der Waals surface area contributed by atoms with Crippen molar-refractivity contribution < 1.29 is 14.7 Å². The topological polar surface area (TPSA) is 69.6 Å². The summed E-state index contributed by atoms with van der Waals surface area (Å²) in [4.78, 5) is 24.9. The van der Waals surface area contributed by atoms with Crippen molar-refractivity contribution in [2.75, 3.05) is 6.54 Å². The number of carboxylic acid groups (broad SMARTS) is 1. The van der Waals surface area contributed by atoms with E-state index < -0.39 is 12.0 Å². The Hall–Kier alpha value is -1.26. The third-order valence-electron chi connectivity index (χ3n) is 4.20. The minimum atomic E-state index is -0.889. The van der Waals surface area contributed by atoms with Gasteiger partial charge < -0.3 is 15.3 Å². The number of carbonyl (C=O) groups is 2. The monoisotopic (exact) mass is 254 g/mol. The summed E-state index contributed by atoms with van der Waals surface area (Å²) < 4.78 is 0. The lowest BCUT2D eigenvalue weighted by molar-refractivity contribution is -0.145. The van der Waals surface area contributed by atoms with E-state index in [1.807, 2.05) is 6.92 Å². The molecule has 2 amide bonds. The fourth-order valence-electron chi connectivity index (χ4n) is 2.91. The number of rotatable bonds is 3. The van der Waals surface area contributed by atoms with Crippen molar-refractivity contribution in [2.24, 2.45) is 11.8 Å². The number of nitrogens with one attached hydrogen (secondary N) is 1. The molecule has 1 saturated heterocycles. The molecule has 2 N–H and O–H groups in total. The van der Waals surface area contributed by atoms with Gasteiger partial charge in [-0.1, -0.05) is 20.3 Å². The lowest BCUT2D eigenvalue weighted by atomic mass is 9.91. The van der Waals surface area contributed by atoms with Crippen LogP contribution in [0, 0.1) is 11.8 Å². The van der Waals surface area contributed by atoms with Crippen molar-refractivity contribution in [2.45, 2.75) is 51.6 Å². The molecule has 0 aromatic rings. The predicted octanol–water partition coefficient (Wildman–Crippen LogP) is 1.68. The zero-order chi connectivity index (χ0) is 13.3. The molecule has 4 atom stereocenters. The molecule has 18 heavy (non-hydrogen) atoms. The van der Waals surface area contributed by atoms with E-state index in [4.69, 9.17) is 0 Å². The molecule has 5 nitrogen and oxygen atoms in total. The molecule has 2 fully saturated rings. The maximum absolute atomic E-state index is 12.1. The largest absolute Gasteiger partial charge is 0.480 e. The Bertz CT molecular complexity index is 345. The summed E-state index contributed by atoms with van der Waals surface area (Å²) in [7, 11) is 0. The van der Waals surface area contributed by atoms with Gasteiger partial charge in [-0.05, 0) is 31.1 Å². The molecule has 2 rings (SSSR count). The van der Waals surface area contributed by atoms with Crippen molar-refractivity contribution in [3.8, 4) is 0 Å². The van der Waals surface area contributed by atoms with Crippen molar-refractivity contribution in [1.82, 2.24) is 10.2 Å². The summed E-state index contributed by atoms with van der Waals surface area (Å²) in [5, 5.41) is 12.2. The van der Waals surface area contributed by atoms with Gasteiger partial charge in [0.1, 0.15) is 6.04 Å². The number of likely N-dealkylation sites (tertiary alicyclic amines) is 1. The van der Waals surface area contributed by atoms with E-state index >= 15 is 0 Å². The van der Waals surface area contributed by atoms with Gasteiger partial charge in [0, 0.05) is 12.6 Å². The quantitative estimate of drug-likeness (QED) is 0.805. The van der Waals surface area contributed by atoms with Crippen LogP contribution in [0.5, 0.6) is 0 Å². The van der Waals surface area contributed by atoms with Crippen LogP contribution in [0.4, 0.5) is 4.79 Å². The molecule has 1 saturated carbocycles. The van der Waals surface area contributed by atoms with E-state index in [1.165, 1.54) is 4.90 Å². The van der Waals surface area contributed by atoms with Crippen LogP contribution in [-0.2, 0) is 4.79 Å². The molecule has 5 heteroatoms. The Morgan fingerprint density at radius 1 is 1.44 bits per heavy atom. The fourth-order valence-corrected chi connectivity index (χ4v) is 2.91. The van der Waals surface area contributed by atoms with Gasteiger partial charge in [-0.15, -0.1) is 0 Å². The summed E-state index contributed by atoms with van der Waals surface area (Å²) >= 11 is 0. The maximum Gasteiger partial charge on any atom is 0.326 e. The third-order valence-corrected chi connectivity index (χ3v) is 4.20. The molecule has 4 unspecified atom stereocenters. The van der Waals surface area contributed by atoms with Crippen LogP contribution in [0.2, 0.25) is 0 Å². The van der Waals surface area contributed by atoms with Gasteiger partial charge >= 0.3 is 12.0 Å². The highest BCUT2D eigenvalue weighted by atomic mass is 16.4. The molecule has 0 spiro atoms. The second-order valence-corrected chi connectivity index (χ2v) is 5.56. The van der Waals surface area contributed by atoms with E-state index in [1.54, 1.807) is 0 Å². The first kappa shape index (κ1) is 13.2. The van der Waals surface area contributed by atoms with Gasteiger partial charge in [-0.25, -0.2) is 9.59 Å². The standard InChI is InChI=1S/C13H22N2O3/c1-3-9-7-10(9)14-13(18)15-6-4-5-8(2)11(15)12(16)17/h8-11H,3-7H2,1-2H3,(H,14,18)(H,16,17). The molecule has 102 valence electrons. The number of amides is 2. The number of carbonyl (C=O) groups excluding carboxylic acids is 1. The minimum Gasteiger partial charge on any atom is -0.480 e. The lowest BCUT2D eigenvalue weighted by Gasteiger charge is -2.37. The normalized spacial score (nSPS) is 35.1. The molecular weight excluding hydrogens is 232 g/mol. The molecule has 1 heterocycles. The second-order valence-electron chi connectivity index (χ2n) is 5.56. The second kappa shape index (κ2) is 5.16. The number of urea groups is 1. The molecule has 0 aromatic heterocycles. The van der Waals surface area contributed by atoms with Crippen molar-refractivity contribution in [3.05, 3.63) is 0 Å². The van der Waals surface area contributed by atoms with Crippen LogP contribution in [0.1, 0.15) is 39.5 Å². The molecule has 1 aliphatic carbocycles. The molecule has 1 aliphatic heterocycles. The van der Waals surface area contributed by atoms with E-state index in [0.717, 1.165) is 25.7 Å². The average molecular weight is 254 g/mol. The summed E-state index contributed by atoms with van der Waals surface area (Å²) in [6, 6.07) is -0.610. The highest BCUT2D eigenvalue weighted by Crippen LogP contribution is 2.33. The first-order valence-electron chi connectivity index (χ1n) is 6.84. The van der Waals surface area contributed by atoms with E-state index in [0.29, 0.717) is 12.5 Å². The summed E-state index contributed by atoms with van der Waals surface area (Å²) in [6.07, 6.45) is 3.87. The number of piperidine rings is 1. The van der Waals surface area contributed by atoms with Crippen LogP contribution >= 0.6 is 0 Å². The Morgan fingerprint density at radius 2 is 2.17 bits per heavy atom. The van der Waals surface area contributed by atoms with Crippen LogP contribution < -0.4 is 5.32 Å². The first-order valence-corrected chi connectivity index (χ1v) is 6.84. The number of aliphatic carboxylic acids is 1. The van der Waals surface area contributed by atoms with Gasteiger partial charge in [0.2, 0.25) is 0 Å². The Labute approximate surface area is 108 Å². The molecule has 0 bridgehead atoms.